The van der Waals surface area contributed by atoms with Gasteiger partial charge in [0.1, 0.15) is 28.0 Å². The zero-order valence-corrected chi connectivity index (χ0v) is 26.7. The van der Waals surface area contributed by atoms with Gasteiger partial charge >= 0.3 is 0 Å². The average molecular weight is 631 g/mol. The maximum absolute atomic E-state index is 13.5. The number of ether oxygens (including phenoxy) is 5. The molecule has 0 N–H and O–H groups in total. The van der Waals surface area contributed by atoms with Crippen molar-refractivity contribution in [1.29, 1.82) is 0 Å². The minimum Gasteiger partial charge on any atom is -0.497 e. The van der Waals surface area contributed by atoms with Gasteiger partial charge in [-0.2, -0.15) is 0 Å². The lowest BCUT2D eigenvalue weighted by Crippen LogP contribution is -2.49. The fourth-order valence-corrected chi connectivity index (χ4v) is 6.48. The van der Waals surface area contributed by atoms with Crippen LogP contribution in [0.1, 0.15) is 33.5 Å². The van der Waals surface area contributed by atoms with Gasteiger partial charge in [-0.25, -0.2) is 4.98 Å². The van der Waals surface area contributed by atoms with Crippen LogP contribution in [0.3, 0.4) is 0 Å². The molecule has 0 radical (unpaired) electrons. The van der Waals surface area contributed by atoms with Gasteiger partial charge in [0.2, 0.25) is 6.79 Å². The molecule has 11 heteroatoms. The van der Waals surface area contributed by atoms with Crippen LogP contribution in [-0.4, -0.2) is 74.5 Å². The molecule has 45 heavy (non-hydrogen) atoms. The smallest absolute Gasteiger partial charge is 0.273 e. The first-order valence-corrected chi connectivity index (χ1v) is 15.9. The van der Waals surface area contributed by atoms with Crippen LogP contribution in [0.4, 0.5) is 5.69 Å². The van der Waals surface area contributed by atoms with Crippen molar-refractivity contribution in [3.05, 3.63) is 87.9 Å². The fourth-order valence-electron chi connectivity index (χ4n) is 5.67. The molecule has 0 saturated carbocycles. The van der Waals surface area contributed by atoms with Crippen LogP contribution in [0.15, 0.2) is 66.0 Å². The SMILES string of the molecule is CCOc1ccccc1N1CCN(C(=O)c2csc(CN(Cc3ccc4c(c3)OCO4)Cc3ccc(OC)cc3OC)n2)CC1. The van der Waals surface area contributed by atoms with Gasteiger partial charge in [-0.15, -0.1) is 11.3 Å². The first-order valence-electron chi connectivity index (χ1n) is 15.1. The van der Waals surface area contributed by atoms with E-state index in [-0.39, 0.29) is 12.7 Å². The highest BCUT2D eigenvalue weighted by atomic mass is 32.1. The zero-order chi connectivity index (χ0) is 31.2. The van der Waals surface area contributed by atoms with Crippen molar-refractivity contribution >= 4 is 22.9 Å². The first-order chi connectivity index (χ1) is 22.0. The van der Waals surface area contributed by atoms with E-state index in [1.165, 1.54) is 11.3 Å². The number of aromatic nitrogens is 1. The number of amides is 1. The van der Waals surface area contributed by atoms with Crippen molar-refractivity contribution in [2.75, 3.05) is 58.7 Å². The van der Waals surface area contributed by atoms with Gasteiger partial charge < -0.3 is 33.5 Å². The second-order valence-corrected chi connectivity index (χ2v) is 11.8. The van der Waals surface area contributed by atoms with Crippen molar-refractivity contribution in [3.8, 4) is 28.7 Å². The third kappa shape index (κ3) is 7.10. The van der Waals surface area contributed by atoms with E-state index in [0.717, 1.165) is 63.7 Å². The van der Waals surface area contributed by atoms with Crippen LogP contribution in [0.5, 0.6) is 28.7 Å². The molecule has 0 spiro atoms. The van der Waals surface area contributed by atoms with E-state index in [1.54, 1.807) is 14.2 Å². The van der Waals surface area contributed by atoms with Crippen LogP contribution in [0.2, 0.25) is 0 Å². The van der Waals surface area contributed by atoms with Crippen LogP contribution in [0, 0.1) is 0 Å². The monoisotopic (exact) mass is 630 g/mol. The van der Waals surface area contributed by atoms with Crippen LogP contribution >= 0.6 is 11.3 Å². The highest BCUT2D eigenvalue weighted by Gasteiger charge is 2.26. The van der Waals surface area contributed by atoms with E-state index in [9.17, 15) is 4.79 Å². The number of hydrogen-bond donors (Lipinski definition) is 0. The maximum atomic E-state index is 13.5. The van der Waals surface area contributed by atoms with Gasteiger partial charge in [-0.3, -0.25) is 9.69 Å². The number of nitrogens with zero attached hydrogens (tertiary/aromatic N) is 4. The number of fused-ring (bicyclic) bond motifs is 1. The van der Waals surface area contributed by atoms with E-state index < -0.39 is 0 Å². The van der Waals surface area contributed by atoms with Gasteiger partial charge in [0.25, 0.3) is 5.91 Å². The highest BCUT2D eigenvalue weighted by Crippen LogP contribution is 2.34. The molecule has 0 bridgehead atoms. The molecule has 3 heterocycles. The Morgan fingerprint density at radius 3 is 2.53 bits per heavy atom. The Balaban J connectivity index is 1.15. The summed E-state index contributed by atoms with van der Waals surface area (Å²) in [5.41, 5.74) is 3.67. The van der Waals surface area contributed by atoms with E-state index in [2.05, 4.69) is 21.9 Å². The quantitative estimate of drug-likeness (QED) is 0.203. The Morgan fingerprint density at radius 2 is 1.73 bits per heavy atom. The number of hydrogen-bond acceptors (Lipinski definition) is 10. The second kappa shape index (κ2) is 14.1. The first kappa shape index (κ1) is 30.5. The van der Waals surface area contributed by atoms with Crippen molar-refractivity contribution in [3.63, 3.8) is 0 Å². The minimum atomic E-state index is -0.0330. The van der Waals surface area contributed by atoms with Gasteiger partial charge in [-0.05, 0) is 42.8 Å². The summed E-state index contributed by atoms with van der Waals surface area (Å²) in [4.78, 5) is 24.8. The van der Waals surface area contributed by atoms with Crippen molar-refractivity contribution in [2.45, 2.75) is 26.6 Å². The lowest BCUT2D eigenvalue weighted by molar-refractivity contribution is 0.0741. The van der Waals surface area contributed by atoms with Gasteiger partial charge in [0, 0.05) is 56.3 Å². The fraction of sp³-hybridized carbons (Fsp3) is 0.353. The Bertz CT molecular complexity index is 1620. The second-order valence-electron chi connectivity index (χ2n) is 10.8. The van der Waals surface area contributed by atoms with Crippen molar-refractivity contribution in [2.24, 2.45) is 0 Å². The molecule has 1 saturated heterocycles. The summed E-state index contributed by atoms with van der Waals surface area (Å²) in [6, 6.07) is 19.9. The van der Waals surface area contributed by atoms with E-state index >= 15 is 0 Å². The van der Waals surface area contributed by atoms with Gasteiger partial charge in [0.05, 0.1) is 33.1 Å². The Hall–Kier alpha value is -4.48. The molecule has 1 amide bonds. The molecular formula is C34H38N4O6S. The number of carbonyl (C=O) groups is 1. The summed E-state index contributed by atoms with van der Waals surface area (Å²) in [7, 11) is 3.31. The summed E-state index contributed by atoms with van der Waals surface area (Å²) in [6.07, 6.45) is 0. The molecule has 2 aliphatic rings. The third-order valence-corrected chi connectivity index (χ3v) is 8.77. The molecule has 0 unspecified atom stereocenters. The number of carbonyl (C=O) groups excluding carboxylic acids is 1. The number of rotatable bonds is 12. The van der Waals surface area contributed by atoms with Crippen molar-refractivity contribution < 1.29 is 28.5 Å². The Kier molecular flexibility index (Phi) is 9.56. The summed E-state index contributed by atoms with van der Waals surface area (Å²) >= 11 is 1.51. The van der Waals surface area contributed by atoms with E-state index in [1.807, 2.05) is 65.7 Å². The number of piperazine rings is 1. The number of thiazole rings is 1. The number of methoxy groups -OCH3 is 2. The van der Waals surface area contributed by atoms with Gasteiger partial charge in [0.15, 0.2) is 11.5 Å². The topological polar surface area (TPSA) is 85.8 Å². The minimum absolute atomic E-state index is 0.0330. The lowest BCUT2D eigenvalue weighted by atomic mass is 10.1. The van der Waals surface area contributed by atoms with E-state index in [4.69, 9.17) is 28.7 Å². The molecule has 6 rings (SSSR count). The Morgan fingerprint density at radius 1 is 0.911 bits per heavy atom. The zero-order valence-electron chi connectivity index (χ0n) is 25.9. The number of para-hydroxylation sites is 2. The van der Waals surface area contributed by atoms with Crippen LogP contribution in [-0.2, 0) is 19.6 Å². The predicted molar refractivity (Wildman–Crippen MR) is 173 cm³/mol. The molecule has 2 aliphatic heterocycles. The van der Waals surface area contributed by atoms with E-state index in [0.29, 0.717) is 45.0 Å². The maximum Gasteiger partial charge on any atom is 0.273 e. The highest BCUT2D eigenvalue weighted by molar-refractivity contribution is 7.09. The summed E-state index contributed by atoms with van der Waals surface area (Å²) < 4.78 is 28.0. The lowest BCUT2D eigenvalue weighted by Gasteiger charge is -2.36. The average Bonchev–Trinajstić information content (AvgIpc) is 3.75. The summed E-state index contributed by atoms with van der Waals surface area (Å²) in [5.74, 6) is 3.84. The molecule has 3 aromatic carbocycles. The molecule has 1 fully saturated rings. The standard InChI is InChI=1S/C34H38N4O6S/c1-4-42-29-8-6-5-7-28(29)37-13-15-38(16-14-37)34(39)27-22-45-33(35-27)21-36(19-24-9-12-30-32(17-24)44-23-43-30)20-25-10-11-26(40-2)18-31(25)41-3/h5-12,17-18,22H,4,13-16,19-21,23H2,1-3H3. The summed E-state index contributed by atoms with van der Waals surface area (Å²) in [5, 5.41) is 2.75. The molecule has 4 aromatic rings. The number of anilines is 1. The third-order valence-electron chi connectivity index (χ3n) is 7.93. The predicted octanol–water partition coefficient (Wildman–Crippen LogP) is 5.45. The molecule has 236 valence electrons. The van der Waals surface area contributed by atoms with Gasteiger partial charge in [-0.1, -0.05) is 24.3 Å². The Labute approximate surface area is 267 Å². The molecule has 0 aliphatic carbocycles. The molecule has 10 nitrogen and oxygen atoms in total. The van der Waals surface area contributed by atoms with Crippen molar-refractivity contribution in [1.82, 2.24) is 14.8 Å². The summed E-state index contributed by atoms with van der Waals surface area (Å²) in [6.45, 7) is 7.36. The molecule has 0 atom stereocenters. The van der Waals surface area contributed by atoms with Crippen LogP contribution in [0.25, 0.3) is 0 Å². The normalized spacial score (nSPS) is 14.1. The largest absolute Gasteiger partial charge is 0.497 e. The molecular weight excluding hydrogens is 592 g/mol. The molecule has 1 aromatic heterocycles. The number of benzene rings is 3. The van der Waals surface area contributed by atoms with Crippen LogP contribution < -0.4 is 28.6 Å².